The molecule has 3 heterocycles. The Kier molecular flexibility index (Phi) is 5.08. The van der Waals surface area contributed by atoms with E-state index >= 15 is 0 Å². The van der Waals surface area contributed by atoms with Crippen molar-refractivity contribution in [1.82, 2.24) is 19.7 Å². The van der Waals surface area contributed by atoms with Crippen LogP contribution < -0.4 is 15.4 Å². The van der Waals surface area contributed by atoms with E-state index in [-0.39, 0.29) is 5.75 Å². The first-order chi connectivity index (χ1) is 14.5. The highest BCUT2D eigenvalue weighted by molar-refractivity contribution is 6.01. The topological polar surface area (TPSA) is 111 Å². The number of fused-ring (bicyclic) bond motifs is 1. The number of carbonyl (C=O) groups is 2. The van der Waals surface area contributed by atoms with Crippen molar-refractivity contribution in [3.8, 4) is 11.4 Å². The first-order valence-corrected chi connectivity index (χ1v) is 9.12. The summed E-state index contributed by atoms with van der Waals surface area (Å²) in [7, 11) is 0. The Morgan fingerprint density at radius 1 is 1.03 bits per heavy atom. The van der Waals surface area contributed by atoms with Crippen LogP contribution >= 0.6 is 0 Å². The molecule has 0 aliphatic carbocycles. The van der Waals surface area contributed by atoms with E-state index in [1.165, 1.54) is 6.92 Å². The molecular weight excluding hydrogens is 384 g/mol. The summed E-state index contributed by atoms with van der Waals surface area (Å²) in [6.07, 6.45) is 5.06. The summed E-state index contributed by atoms with van der Waals surface area (Å²) in [5.41, 5.74) is 2.92. The van der Waals surface area contributed by atoms with Gasteiger partial charge in [0.15, 0.2) is 5.75 Å². The van der Waals surface area contributed by atoms with Crippen molar-refractivity contribution in [2.45, 2.75) is 13.8 Å². The molecule has 0 bridgehead atoms. The fraction of sp³-hybridized carbons (Fsp3) is 0.0952. The van der Waals surface area contributed by atoms with E-state index in [0.717, 1.165) is 22.3 Å². The van der Waals surface area contributed by atoms with Crippen molar-refractivity contribution in [3.05, 3.63) is 66.7 Å². The zero-order valence-corrected chi connectivity index (χ0v) is 16.3. The van der Waals surface area contributed by atoms with E-state index in [0.29, 0.717) is 11.5 Å². The molecule has 0 aliphatic rings. The molecule has 0 spiro atoms. The van der Waals surface area contributed by atoms with Crippen LogP contribution in [0.4, 0.5) is 16.3 Å². The fourth-order valence-electron chi connectivity index (χ4n) is 2.95. The van der Waals surface area contributed by atoms with E-state index in [2.05, 4.69) is 25.7 Å². The number of nitrogens with zero attached hydrogens (tertiary/aromatic N) is 4. The number of carbonyl (C=O) groups excluding carboxylic acids is 2. The molecule has 4 rings (SSSR count). The van der Waals surface area contributed by atoms with Gasteiger partial charge in [-0.1, -0.05) is 12.1 Å². The highest BCUT2D eigenvalue weighted by atomic mass is 16.5. The highest BCUT2D eigenvalue weighted by Gasteiger charge is 2.12. The molecule has 9 heteroatoms. The Morgan fingerprint density at radius 2 is 1.87 bits per heavy atom. The van der Waals surface area contributed by atoms with E-state index in [1.807, 2.05) is 19.1 Å². The molecule has 30 heavy (non-hydrogen) atoms. The van der Waals surface area contributed by atoms with Crippen LogP contribution in [0, 0.1) is 6.92 Å². The van der Waals surface area contributed by atoms with Crippen LogP contribution in [0.5, 0.6) is 5.75 Å². The summed E-state index contributed by atoms with van der Waals surface area (Å²) in [5.74, 6) is 0.145. The first-order valence-electron chi connectivity index (χ1n) is 9.12. The average molecular weight is 402 g/mol. The third-order valence-electron chi connectivity index (χ3n) is 4.21. The van der Waals surface area contributed by atoms with E-state index < -0.39 is 12.0 Å². The Hall–Kier alpha value is -4.27. The minimum atomic E-state index is -0.515. The fourth-order valence-corrected chi connectivity index (χ4v) is 2.95. The lowest BCUT2D eigenvalue weighted by molar-refractivity contribution is -0.131. The molecule has 2 amide bonds. The van der Waals surface area contributed by atoms with Gasteiger partial charge < -0.3 is 10.1 Å². The maximum absolute atomic E-state index is 12.4. The van der Waals surface area contributed by atoms with Gasteiger partial charge in [-0.15, -0.1) is 0 Å². The Balaban J connectivity index is 1.52. The van der Waals surface area contributed by atoms with Gasteiger partial charge in [0.1, 0.15) is 5.82 Å². The molecule has 3 aromatic heterocycles. The minimum Gasteiger partial charge on any atom is -0.424 e. The molecule has 0 saturated heterocycles. The molecular formula is C21H18N6O3. The summed E-state index contributed by atoms with van der Waals surface area (Å²) in [6.45, 7) is 3.21. The summed E-state index contributed by atoms with van der Waals surface area (Å²) >= 11 is 0. The molecule has 0 saturated carbocycles. The van der Waals surface area contributed by atoms with Crippen LogP contribution in [0.2, 0.25) is 0 Å². The summed E-state index contributed by atoms with van der Waals surface area (Å²) in [6, 6.07) is 11.7. The van der Waals surface area contributed by atoms with Gasteiger partial charge >= 0.3 is 12.0 Å². The second kappa shape index (κ2) is 8.00. The van der Waals surface area contributed by atoms with Crippen molar-refractivity contribution in [1.29, 1.82) is 0 Å². The number of rotatable bonds is 4. The highest BCUT2D eigenvalue weighted by Crippen LogP contribution is 2.24. The number of benzene rings is 1. The quantitative estimate of drug-likeness (QED) is 0.398. The standard InChI is InChI=1S/C21H18N6O3/c1-13-9-16(7-8-22-13)27-18-12-23-20(10-15(18)11-24-27)26-21(29)25-17-5-3-4-6-19(17)30-14(2)28/h3-12H,1-2H3,(H2,23,25,26,29). The molecule has 0 radical (unpaired) electrons. The predicted molar refractivity (Wildman–Crippen MR) is 112 cm³/mol. The van der Waals surface area contributed by atoms with Crippen LogP contribution in [0.1, 0.15) is 12.6 Å². The zero-order chi connectivity index (χ0) is 21.1. The van der Waals surface area contributed by atoms with Gasteiger partial charge in [0.2, 0.25) is 0 Å². The van der Waals surface area contributed by atoms with Crippen molar-refractivity contribution in [2.75, 3.05) is 10.6 Å². The molecule has 0 atom stereocenters. The smallest absolute Gasteiger partial charge is 0.324 e. The van der Waals surface area contributed by atoms with Crippen molar-refractivity contribution >= 4 is 34.4 Å². The number of aryl methyl sites for hydroxylation is 1. The summed E-state index contributed by atoms with van der Waals surface area (Å²) < 4.78 is 6.85. The second-order valence-corrected chi connectivity index (χ2v) is 6.51. The number of aromatic nitrogens is 4. The van der Waals surface area contributed by atoms with Crippen molar-refractivity contribution in [2.24, 2.45) is 0 Å². The van der Waals surface area contributed by atoms with Crippen molar-refractivity contribution in [3.63, 3.8) is 0 Å². The SMILES string of the molecule is CC(=O)Oc1ccccc1NC(=O)Nc1cc2cnn(-c3ccnc(C)c3)c2cn1. The monoisotopic (exact) mass is 402 g/mol. The summed E-state index contributed by atoms with van der Waals surface area (Å²) in [4.78, 5) is 32.1. The molecule has 0 fully saturated rings. The lowest BCUT2D eigenvalue weighted by Crippen LogP contribution is -2.20. The van der Waals surface area contributed by atoms with E-state index in [9.17, 15) is 9.59 Å². The normalized spacial score (nSPS) is 10.6. The predicted octanol–water partition coefficient (Wildman–Crippen LogP) is 3.69. The number of amides is 2. The zero-order valence-electron chi connectivity index (χ0n) is 16.3. The van der Waals surface area contributed by atoms with Crippen LogP contribution in [0.25, 0.3) is 16.6 Å². The van der Waals surface area contributed by atoms with Gasteiger partial charge in [0.25, 0.3) is 0 Å². The van der Waals surface area contributed by atoms with Gasteiger partial charge in [-0.05, 0) is 37.3 Å². The van der Waals surface area contributed by atoms with Crippen LogP contribution in [-0.2, 0) is 4.79 Å². The third kappa shape index (κ3) is 4.09. The number of anilines is 2. The lowest BCUT2D eigenvalue weighted by Gasteiger charge is -2.11. The number of esters is 1. The van der Waals surface area contributed by atoms with Gasteiger partial charge in [-0.3, -0.25) is 15.1 Å². The number of pyridine rings is 2. The number of urea groups is 1. The Morgan fingerprint density at radius 3 is 2.67 bits per heavy atom. The average Bonchev–Trinajstić information content (AvgIpc) is 3.12. The molecule has 2 N–H and O–H groups in total. The summed E-state index contributed by atoms with van der Waals surface area (Å²) in [5, 5.41) is 10.5. The van der Waals surface area contributed by atoms with Crippen LogP contribution in [-0.4, -0.2) is 31.7 Å². The van der Waals surface area contributed by atoms with E-state index in [1.54, 1.807) is 53.6 Å². The molecule has 150 valence electrons. The second-order valence-electron chi connectivity index (χ2n) is 6.51. The lowest BCUT2D eigenvalue weighted by atomic mass is 10.3. The Bertz CT molecular complexity index is 1250. The number of nitrogens with one attached hydrogen (secondary N) is 2. The van der Waals surface area contributed by atoms with Crippen LogP contribution in [0.15, 0.2) is 61.1 Å². The molecule has 9 nitrogen and oxygen atoms in total. The minimum absolute atomic E-state index is 0.262. The van der Waals surface area contributed by atoms with Crippen LogP contribution in [0.3, 0.4) is 0 Å². The van der Waals surface area contributed by atoms with Gasteiger partial charge in [0.05, 0.1) is 29.3 Å². The molecule has 1 aromatic carbocycles. The van der Waals surface area contributed by atoms with Gasteiger partial charge in [0, 0.05) is 24.2 Å². The largest absolute Gasteiger partial charge is 0.424 e. The molecule has 4 aromatic rings. The number of para-hydroxylation sites is 2. The number of hydrogen-bond donors (Lipinski definition) is 2. The number of ether oxygens (including phenoxy) is 1. The van der Waals surface area contributed by atoms with Crippen molar-refractivity contribution < 1.29 is 14.3 Å². The van der Waals surface area contributed by atoms with Gasteiger partial charge in [-0.2, -0.15) is 5.10 Å². The van der Waals surface area contributed by atoms with Gasteiger partial charge in [-0.25, -0.2) is 14.5 Å². The third-order valence-corrected chi connectivity index (χ3v) is 4.21. The molecule has 0 aliphatic heterocycles. The number of hydrogen-bond acceptors (Lipinski definition) is 6. The molecule has 0 unspecified atom stereocenters. The first kappa shape index (κ1) is 19.1. The Labute approximate surface area is 171 Å². The maximum atomic E-state index is 12.4. The van der Waals surface area contributed by atoms with E-state index in [4.69, 9.17) is 4.74 Å². The maximum Gasteiger partial charge on any atom is 0.324 e.